The molecule has 0 spiro atoms. The van der Waals surface area contributed by atoms with Crippen molar-refractivity contribution in [2.45, 2.75) is 19.4 Å². The largest absolute Gasteiger partial charge is 0.485 e. The Labute approximate surface area is 109 Å². The van der Waals surface area contributed by atoms with Crippen LogP contribution in [0.2, 0.25) is 0 Å². The molecule has 1 fully saturated rings. The van der Waals surface area contributed by atoms with E-state index in [0.29, 0.717) is 10.6 Å². The summed E-state index contributed by atoms with van der Waals surface area (Å²) in [5, 5.41) is 3.24. The summed E-state index contributed by atoms with van der Waals surface area (Å²) in [4.78, 5) is 0.368. The third kappa shape index (κ3) is 3.11. The maximum Gasteiger partial charge on any atom is 0.216 e. The minimum absolute atomic E-state index is 0.211. The van der Waals surface area contributed by atoms with E-state index in [1.165, 1.54) is 0 Å². The van der Waals surface area contributed by atoms with Crippen LogP contribution in [0.15, 0.2) is 30.3 Å². The molecule has 0 aromatic heterocycles. The number of para-hydroxylation sites is 1. The van der Waals surface area contributed by atoms with E-state index in [4.69, 9.17) is 4.74 Å². The van der Waals surface area contributed by atoms with Crippen molar-refractivity contribution in [1.29, 1.82) is 0 Å². The summed E-state index contributed by atoms with van der Waals surface area (Å²) in [7, 11) is -2.20. The molecule has 2 atom stereocenters. The normalized spacial score (nSPS) is 20.4. The Kier molecular flexibility index (Phi) is 4.38. The number of nitrogens with one attached hydrogen (secondary N) is 1. The van der Waals surface area contributed by atoms with Crippen LogP contribution < -0.4 is 10.1 Å². The van der Waals surface area contributed by atoms with Gasteiger partial charge in [0.25, 0.3) is 0 Å². The molecule has 1 saturated heterocycles. The van der Waals surface area contributed by atoms with Crippen LogP contribution in [0.5, 0.6) is 5.75 Å². The van der Waals surface area contributed by atoms with E-state index in [0.717, 1.165) is 19.5 Å². The summed E-state index contributed by atoms with van der Waals surface area (Å²) in [6, 6.07) is 9.35. The molecule has 1 aromatic rings. The Morgan fingerprint density at radius 3 is 2.67 bits per heavy atom. The first-order valence-electron chi connectivity index (χ1n) is 6.03. The molecule has 1 heterocycles. The smallest absolute Gasteiger partial charge is 0.216 e. The minimum atomic E-state index is -2.20. The molecule has 0 saturated carbocycles. The van der Waals surface area contributed by atoms with Gasteiger partial charge in [0.2, 0.25) is 10.3 Å². The van der Waals surface area contributed by atoms with Crippen LogP contribution in [-0.2, 0) is 10.3 Å². The molecule has 5 heteroatoms. The molecule has 1 aromatic carbocycles. The molecule has 4 nitrogen and oxygen atoms in total. The molecule has 2 unspecified atom stereocenters. The van der Waals surface area contributed by atoms with E-state index in [-0.39, 0.29) is 12.0 Å². The second-order valence-corrected chi connectivity index (χ2v) is 5.56. The highest BCUT2D eigenvalue weighted by Crippen LogP contribution is 2.20. The van der Waals surface area contributed by atoms with Gasteiger partial charge in [-0.25, -0.2) is 0 Å². The van der Waals surface area contributed by atoms with Crippen LogP contribution in [-0.4, -0.2) is 32.5 Å². The lowest BCUT2D eigenvalue weighted by Gasteiger charge is -2.23. The number of benzene rings is 1. The first-order chi connectivity index (χ1) is 8.68. The van der Waals surface area contributed by atoms with Crippen molar-refractivity contribution in [3.63, 3.8) is 0 Å². The Hall–Kier alpha value is -1.33. The zero-order chi connectivity index (χ0) is 13.0. The van der Waals surface area contributed by atoms with Crippen LogP contribution in [0.25, 0.3) is 0 Å². The van der Waals surface area contributed by atoms with Gasteiger partial charge < -0.3 is 10.1 Å². The molecule has 1 aliphatic heterocycles. The maximum absolute atomic E-state index is 11.2. The van der Waals surface area contributed by atoms with Crippen molar-refractivity contribution in [1.82, 2.24) is 5.32 Å². The molecule has 18 heavy (non-hydrogen) atoms. The molecule has 0 aliphatic carbocycles. The highest BCUT2D eigenvalue weighted by Gasteiger charge is 2.29. The van der Waals surface area contributed by atoms with Crippen molar-refractivity contribution in [3.8, 4) is 5.75 Å². The SMILES string of the molecule is CC(C(Oc1ccccc1)C1CCNC1)=S(=O)=O. The average molecular weight is 267 g/mol. The number of rotatable bonds is 4. The van der Waals surface area contributed by atoms with Gasteiger partial charge in [0.05, 0.1) is 4.86 Å². The fourth-order valence-electron chi connectivity index (χ4n) is 2.19. The zero-order valence-electron chi connectivity index (χ0n) is 10.3. The van der Waals surface area contributed by atoms with Crippen molar-refractivity contribution in [2.75, 3.05) is 13.1 Å². The van der Waals surface area contributed by atoms with Gasteiger partial charge in [0.15, 0.2) is 0 Å². The second-order valence-electron chi connectivity index (χ2n) is 4.45. The summed E-state index contributed by atoms with van der Waals surface area (Å²) < 4.78 is 28.2. The van der Waals surface area contributed by atoms with E-state index in [9.17, 15) is 8.42 Å². The summed E-state index contributed by atoms with van der Waals surface area (Å²) in [6.07, 6.45) is 0.562. The van der Waals surface area contributed by atoms with E-state index < -0.39 is 10.3 Å². The van der Waals surface area contributed by atoms with Gasteiger partial charge in [-0.1, -0.05) is 18.2 Å². The standard InChI is InChI=1S/C13H17NO3S/c1-10(18(15)16)13(11-7-8-14-9-11)17-12-5-3-2-4-6-12/h2-6,11,13-14H,7-9H2,1H3. The first kappa shape index (κ1) is 13.1. The summed E-state index contributed by atoms with van der Waals surface area (Å²) in [6.45, 7) is 3.33. The number of hydrogen-bond acceptors (Lipinski definition) is 4. The highest BCUT2D eigenvalue weighted by molar-refractivity contribution is 7.73. The van der Waals surface area contributed by atoms with Gasteiger partial charge >= 0.3 is 0 Å². The van der Waals surface area contributed by atoms with Gasteiger partial charge in [-0.05, 0) is 32.0 Å². The number of ether oxygens (including phenoxy) is 1. The molecule has 0 radical (unpaired) electrons. The van der Waals surface area contributed by atoms with Crippen LogP contribution in [0.1, 0.15) is 13.3 Å². The molecule has 0 amide bonds. The van der Waals surface area contributed by atoms with Crippen molar-refractivity contribution in [2.24, 2.45) is 5.92 Å². The van der Waals surface area contributed by atoms with Crippen LogP contribution in [0.3, 0.4) is 0 Å². The van der Waals surface area contributed by atoms with Crippen LogP contribution >= 0.6 is 0 Å². The lowest BCUT2D eigenvalue weighted by molar-refractivity contribution is 0.207. The van der Waals surface area contributed by atoms with Gasteiger partial charge in [0.1, 0.15) is 11.9 Å². The summed E-state index contributed by atoms with van der Waals surface area (Å²) in [5.74, 6) is 0.919. The Morgan fingerprint density at radius 2 is 2.11 bits per heavy atom. The highest BCUT2D eigenvalue weighted by atomic mass is 32.2. The summed E-state index contributed by atoms with van der Waals surface area (Å²) in [5.41, 5.74) is 0. The fourth-order valence-corrected chi connectivity index (χ4v) is 2.62. The van der Waals surface area contributed by atoms with Crippen LogP contribution in [0, 0.1) is 5.92 Å². The quantitative estimate of drug-likeness (QED) is 0.831. The predicted octanol–water partition coefficient (Wildman–Crippen LogP) is 1.11. The van der Waals surface area contributed by atoms with E-state index >= 15 is 0 Å². The monoisotopic (exact) mass is 267 g/mol. The fraction of sp³-hybridized carbons (Fsp3) is 0.462. The first-order valence-corrected chi connectivity index (χ1v) is 7.11. The molecular formula is C13H17NO3S. The second kappa shape index (κ2) is 6.02. The zero-order valence-corrected chi connectivity index (χ0v) is 11.1. The molecule has 98 valence electrons. The maximum atomic E-state index is 11.2. The lowest BCUT2D eigenvalue weighted by atomic mass is 9.99. The van der Waals surface area contributed by atoms with E-state index in [1.807, 2.05) is 30.3 Å². The molecule has 0 bridgehead atoms. The van der Waals surface area contributed by atoms with E-state index in [2.05, 4.69) is 5.32 Å². The van der Waals surface area contributed by atoms with Crippen molar-refractivity contribution < 1.29 is 13.2 Å². The predicted molar refractivity (Wildman–Crippen MR) is 71.4 cm³/mol. The van der Waals surface area contributed by atoms with Gasteiger partial charge in [-0.3, -0.25) is 0 Å². The topological polar surface area (TPSA) is 55.4 Å². The third-order valence-electron chi connectivity index (χ3n) is 3.20. The Balaban J connectivity index is 2.22. The number of hydrogen-bond donors (Lipinski definition) is 1. The van der Waals surface area contributed by atoms with Gasteiger partial charge in [0, 0.05) is 12.5 Å². The third-order valence-corrected chi connectivity index (χ3v) is 3.95. The Bertz CT molecular complexity index is 510. The summed E-state index contributed by atoms with van der Waals surface area (Å²) >= 11 is 0. The lowest BCUT2D eigenvalue weighted by Crippen LogP contribution is -2.35. The van der Waals surface area contributed by atoms with Crippen LogP contribution in [0.4, 0.5) is 0 Å². The van der Waals surface area contributed by atoms with Crippen molar-refractivity contribution >= 4 is 15.2 Å². The molecule has 1 aliphatic rings. The van der Waals surface area contributed by atoms with E-state index in [1.54, 1.807) is 6.92 Å². The minimum Gasteiger partial charge on any atom is -0.485 e. The van der Waals surface area contributed by atoms with Gasteiger partial charge in [-0.15, -0.1) is 0 Å². The van der Waals surface area contributed by atoms with Gasteiger partial charge in [-0.2, -0.15) is 8.42 Å². The molecule has 2 rings (SSSR count). The molecular weight excluding hydrogens is 250 g/mol. The molecule has 1 N–H and O–H groups in total. The average Bonchev–Trinajstić information content (AvgIpc) is 2.90. The Morgan fingerprint density at radius 1 is 1.39 bits per heavy atom. The van der Waals surface area contributed by atoms with Crippen molar-refractivity contribution in [3.05, 3.63) is 30.3 Å².